The average molecular weight is 461 g/mol. The molecule has 0 aliphatic rings. The van der Waals surface area contributed by atoms with Gasteiger partial charge in [-0.05, 0) is 61.1 Å². The van der Waals surface area contributed by atoms with Crippen molar-refractivity contribution >= 4 is 8.69 Å². The van der Waals surface area contributed by atoms with Crippen molar-refractivity contribution in [2.75, 3.05) is 19.8 Å². The van der Waals surface area contributed by atoms with E-state index >= 15 is 0 Å². The molecule has 0 aliphatic heterocycles. The van der Waals surface area contributed by atoms with Gasteiger partial charge in [0.2, 0.25) is 0 Å². The summed E-state index contributed by atoms with van der Waals surface area (Å²) in [6.45, 7) is -0.629. The quantitative estimate of drug-likeness (QED) is 0.272. The molecule has 3 N–H and O–H groups in total. The van der Waals surface area contributed by atoms with Crippen molar-refractivity contribution in [3.63, 3.8) is 0 Å². The maximum absolute atomic E-state index is 13.5. The number of hydrogen-bond donors (Lipinski definition) is 2. The predicted molar refractivity (Wildman–Crippen MR) is 108 cm³/mol. The molecule has 0 amide bonds. The highest BCUT2D eigenvalue weighted by Gasteiger charge is 2.35. The van der Waals surface area contributed by atoms with E-state index in [0.717, 1.165) is 11.6 Å². The van der Waals surface area contributed by atoms with Crippen molar-refractivity contribution in [2.24, 2.45) is 5.73 Å². The summed E-state index contributed by atoms with van der Waals surface area (Å²) in [4.78, 5) is 0. The summed E-state index contributed by atoms with van der Waals surface area (Å²) < 4.78 is 74.2. The minimum Gasteiger partial charge on any atom is -0.493 e. The molecule has 2 rings (SSSR count). The lowest BCUT2D eigenvalue weighted by Gasteiger charge is -2.25. The van der Waals surface area contributed by atoms with Gasteiger partial charge in [0.25, 0.3) is 0 Å². The molecule has 0 aromatic heterocycles. The molecule has 1 atom stereocenters. The Morgan fingerprint density at radius 3 is 2.45 bits per heavy atom. The molecule has 31 heavy (non-hydrogen) atoms. The van der Waals surface area contributed by atoms with E-state index in [1.54, 1.807) is 12.1 Å². The number of aryl methyl sites for hydroxylation is 2. The Balaban J connectivity index is 2.01. The largest absolute Gasteiger partial charge is 0.493 e. The molecule has 0 aliphatic carbocycles. The van der Waals surface area contributed by atoms with Crippen molar-refractivity contribution in [3.8, 4) is 5.75 Å². The van der Waals surface area contributed by atoms with Crippen molar-refractivity contribution in [3.05, 3.63) is 65.0 Å². The summed E-state index contributed by atoms with van der Waals surface area (Å²) >= 11 is 0. The molecule has 2 aromatic rings. The van der Waals surface area contributed by atoms with Crippen molar-refractivity contribution in [1.82, 2.24) is 0 Å². The fraction of sp³-hybridized carbons (Fsp3) is 0.429. The first-order chi connectivity index (χ1) is 14.7. The smallest absolute Gasteiger partial charge is 0.419 e. The molecule has 10 heteroatoms. The zero-order valence-corrected chi connectivity index (χ0v) is 17.6. The number of aliphatic hydroxyl groups is 1. The van der Waals surface area contributed by atoms with Crippen LogP contribution in [0.25, 0.3) is 0 Å². The molecule has 0 bridgehead atoms. The molecule has 2 aromatic carbocycles. The SMILES string of the molecule is NC(CO)(CCc1ccc(OCCCc2cccc(F)c2)c(C(F)(F)F)c1)COP=O. The van der Waals surface area contributed by atoms with Gasteiger partial charge in [0.15, 0.2) is 0 Å². The minimum atomic E-state index is -4.62. The lowest BCUT2D eigenvalue weighted by molar-refractivity contribution is -0.139. The normalized spacial score (nSPS) is 13.9. The van der Waals surface area contributed by atoms with Gasteiger partial charge in [-0.3, -0.25) is 4.52 Å². The summed E-state index contributed by atoms with van der Waals surface area (Å²) in [7, 11) is -0.592. The molecular formula is C21H24F4NO4P. The van der Waals surface area contributed by atoms with Crippen LogP contribution in [0.2, 0.25) is 0 Å². The Bertz CT molecular complexity index is 866. The highest BCUT2D eigenvalue weighted by molar-refractivity contribution is 7.17. The first-order valence-electron chi connectivity index (χ1n) is 9.58. The van der Waals surface area contributed by atoms with Gasteiger partial charge in [-0.25, -0.2) is 8.96 Å². The monoisotopic (exact) mass is 461 g/mol. The van der Waals surface area contributed by atoms with Crippen LogP contribution in [0, 0.1) is 5.82 Å². The molecule has 5 nitrogen and oxygen atoms in total. The number of nitrogens with two attached hydrogens (primary N) is 1. The number of aliphatic hydroxyl groups excluding tert-OH is 1. The van der Waals surface area contributed by atoms with Crippen molar-refractivity contribution in [2.45, 2.75) is 37.4 Å². The van der Waals surface area contributed by atoms with Crippen LogP contribution < -0.4 is 10.5 Å². The second-order valence-electron chi connectivity index (χ2n) is 7.28. The van der Waals surface area contributed by atoms with Crippen LogP contribution in [-0.4, -0.2) is 30.5 Å². The fourth-order valence-electron chi connectivity index (χ4n) is 2.98. The fourth-order valence-corrected chi connectivity index (χ4v) is 3.29. The molecule has 0 saturated carbocycles. The van der Waals surface area contributed by atoms with E-state index < -0.39 is 32.6 Å². The topological polar surface area (TPSA) is 81.8 Å². The van der Waals surface area contributed by atoms with Gasteiger partial charge < -0.3 is 15.6 Å². The zero-order valence-electron chi connectivity index (χ0n) is 16.7. The van der Waals surface area contributed by atoms with Gasteiger partial charge >= 0.3 is 14.9 Å². The van der Waals surface area contributed by atoms with Crippen LogP contribution in [0.15, 0.2) is 42.5 Å². The van der Waals surface area contributed by atoms with Gasteiger partial charge in [0, 0.05) is 0 Å². The Kier molecular flexibility index (Phi) is 9.37. The van der Waals surface area contributed by atoms with E-state index in [4.69, 9.17) is 10.5 Å². The van der Waals surface area contributed by atoms with E-state index in [2.05, 4.69) is 4.52 Å². The summed E-state index contributed by atoms with van der Waals surface area (Å²) in [5.74, 6) is -0.652. The van der Waals surface area contributed by atoms with Gasteiger partial charge in [-0.15, -0.1) is 0 Å². The van der Waals surface area contributed by atoms with Gasteiger partial charge in [-0.2, -0.15) is 13.2 Å². The Morgan fingerprint density at radius 1 is 1.06 bits per heavy atom. The third-order valence-electron chi connectivity index (χ3n) is 4.74. The molecule has 0 heterocycles. The summed E-state index contributed by atoms with van der Waals surface area (Å²) in [6.07, 6.45) is -3.44. The number of halogens is 4. The molecule has 170 valence electrons. The van der Waals surface area contributed by atoms with Crippen molar-refractivity contribution in [1.29, 1.82) is 0 Å². The maximum Gasteiger partial charge on any atom is 0.419 e. The standard InChI is InChI=1S/C21H24F4NO4P/c22-17-5-1-3-15(11-17)4-2-10-29-19-7-6-16(12-18(19)21(23,24)25)8-9-20(26,13-27)14-30-31-28/h1,3,5-7,11-12,27H,2,4,8-10,13-14,26H2. The van der Waals surface area contributed by atoms with E-state index in [-0.39, 0.29) is 37.6 Å². The van der Waals surface area contributed by atoms with Crippen LogP contribution in [0.5, 0.6) is 5.75 Å². The number of benzene rings is 2. The van der Waals surface area contributed by atoms with E-state index in [0.29, 0.717) is 18.4 Å². The third kappa shape index (κ3) is 8.18. The van der Waals surface area contributed by atoms with Crippen LogP contribution in [-0.2, 0) is 28.1 Å². The number of ether oxygens (including phenoxy) is 1. The van der Waals surface area contributed by atoms with Gasteiger partial charge in [0.1, 0.15) is 11.6 Å². The summed E-state index contributed by atoms with van der Waals surface area (Å²) in [6, 6.07) is 9.76. The predicted octanol–water partition coefficient (Wildman–Crippen LogP) is 4.70. The highest BCUT2D eigenvalue weighted by atomic mass is 31.1. The van der Waals surface area contributed by atoms with Gasteiger partial charge in [-0.1, -0.05) is 18.2 Å². The molecular weight excluding hydrogens is 437 g/mol. The third-order valence-corrected chi connectivity index (χ3v) is 4.97. The average Bonchev–Trinajstić information content (AvgIpc) is 2.73. The highest BCUT2D eigenvalue weighted by Crippen LogP contribution is 2.37. The van der Waals surface area contributed by atoms with Crippen LogP contribution in [0.4, 0.5) is 17.6 Å². The minimum absolute atomic E-state index is 0.0428. The second-order valence-corrected chi connectivity index (χ2v) is 7.69. The maximum atomic E-state index is 13.5. The van der Waals surface area contributed by atoms with Crippen molar-refractivity contribution < 1.29 is 36.5 Å². The Morgan fingerprint density at radius 2 is 1.81 bits per heavy atom. The zero-order chi connectivity index (χ0) is 22.9. The van der Waals surface area contributed by atoms with Crippen LogP contribution in [0.3, 0.4) is 0 Å². The molecule has 0 fully saturated rings. The van der Waals surface area contributed by atoms with E-state index in [1.807, 2.05) is 0 Å². The van der Waals surface area contributed by atoms with Crippen LogP contribution >= 0.6 is 8.69 Å². The number of alkyl halides is 3. The number of hydrogen-bond acceptors (Lipinski definition) is 5. The second kappa shape index (κ2) is 11.5. The Hall–Kier alpha value is -2.06. The molecule has 0 saturated heterocycles. The van der Waals surface area contributed by atoms with E-state index in [1.165, 1.54) is 24.3 Å². The molecule has 0 spiro atoms. The Labute approximate surface area is 179 Å². The van der Waals surface area contributed by atoms with E-state index in [9.17, 15) is 27.2 Å². The van der Waals surface area contributed by atoms with Gasteiger partial charge in [0.05, 0.1) is 30.9 Å². The molecule has 1 unspecified atom stereocenters. The molecule has 0 radical (unpaired) electrons. The van der Waals surface area contributed by atoms with Crippen LogP contribution in [0.1, 0.15) is 29.5 Å². The first kappa shape index (κ1) is 25.2. The number of rotatable bonds is 12. The first-order valence-corrected chi connectivity index (χ1v) is 10.3. The summed E-state index contributed by atoms with van der Waals surface area (Å²) in [5, 5.41) is 9.40. The summed E-state index contributed by atoms with van der Waals surface area (Å²) in [5.41, 5.74) is 4.91. The lowest BCUT2D eigenvalue weighted by Crippen LogP contribution is -2.47. The lowest BCUT2D eigenvalue weighted by atomic mass is 9.93.